The molecule has 0 aliphatic heterocycles. The van der Waals surface area contributed by atoms with Crippen LogP contribution in [0, 0.1) is 0 Å². The maximum atomic E-state index is 11.2. The number of amides is 1. The number of aromatic amines is 1. The van der Waals surface area contributed by atoms with Crippen LogP contribution in [0.4, 0.5) is 0 Å². The molecule has 2 N–H and O–H groups in total. The number of rotatable bonds is 6. The molecule has 1 amide bonds. The highest BCUT2D eigenvalue weighted by molar-refractivity contribution is 7.99. The summed E-state index contributed by atoms with van der Waals surface area (Å²) in [6.45, 7) is 4.18. The van der Waals surface area contributed by atoms with E-state index in [0.717, 1.165) is 11.5 Å². The van der Waals surface area contributed by atoms with Gasteiger partial charge in [-0.3, -0.25) is 4.79 Å². The minimum absolute atomic E-state index is 0.0683. The zero-order valence-corrected chi connectivity index (χ0v) is 8.38. The molecule has 0 saturated heterocycles. The quantitative estimate of drug-likeness (QED) is 0.507. The van der Waals surface area contributed by atoms with Gasteiger partial charge in [-0.1, -0.05) is 6.08 Å². The molecule has 1 aromatic heterocycles. The standard InChI is InChI=1S/C7H11N5OS/c1-2-4-14-5-3-8-7(13)6-9-11-12-10-6/h2H,1,3-5H2,(H,8,13)(H,9,10,11,12). The second-order valence-electron chi connectivity index (χ2n) is 2.35. The number of H-pyrrole nitrogens is 1. The van der Waals surface area contributed by atoms with Gasteiger partial charge in [-0.2, -0.15) is 17.0 Å². The largest absolute Gasteiger partial charge is 0.348 e. The van der Waals surface area contributed by atoms with E-state index in [1.54, 1.807) is 11.8 Å². The van der Waals surface area contributed by atoms with Gasteiger partial charge in [0, 0.05) is 18.1 Å². The number of thioether (sulfide) groups is 1. The lowest BCUT2D eigenvalue weighted by Gasteiger charge is -2.00. The molecule has 0 radical (unpaired) electrons. The number of nitrogens with zero attached hydrogens (tertiary/aromatic N) is 3. The van der Waals surface area contributed by atoms with Crippen LogP contribution in [-0.2, 0) is 0 Å². The lowest BCUT2D eigenvalue weighted by molar-refractivity contribution is 0.0946. The average molecular weight is 213 g/mol. The Morgan fingerprint density at radius 3 is 3.21 bits per heavy atom. The lowest BCUT2D eigenvalue weighted by Crippen LogP contribution is -2.26. The third-order valence-corrected chi connectivity index (χ3v) is 2.28. The van der Waals surface area contributed by atoms with Crippen molar-refractivity contribution in [2.24, 2.45) is 0 Å². The van der Waals surface area contributed by atoms with E-state index in [0.29, 0.717) is 6.54 Å². The summed E-state index contributed by atoms with van der Waals surface area (Å²) >= 11 is 1.70. The van der Waals surface area contributed by atoms with Crippen molar-refractivity contribution in [2.75, 3.05) is 18.1 Å². The Morgan fingerprint density at radius 2 is 2.57 bits per heavy atom. The third kappa shape index (κ3) is 3.56. The fourth-order valence-electron chi connectivity index (χ4n) is 0.740. The Morgan fingerprint density at radius 1 is 1.71 bits per heavy atom. The van der Waals surface area contributed by atoms with Gasteiger partial charge in [0.05, 0.1) is 0 Å². The molecular formula is C7H11N5OS. The van der Waals surface area contributed by atoms with Crippen molar-refractivity contribution in [2.45, 2.75) is 0 Å². The maximum Gasteiger partial charge on any atom is 0.292 e. The number of hydrogen-bond acceptors (Lipinski definition) is 5. The van der Waals surface area contributed by atoms with Crippen LogP contribution >= 0.6 is 11.8 Å². The van der Waals surface area contributed by atoms with Crippen LogP contribution in [0.25, 0.3) is 0 Å². The normalized spacial score (nSPS) is 9.71. The smallest absolute Gasteiger partial charge is 0.292 e. The maximum absolute atomic E-state index is 11.2. The van der Waals surface area contributed by atoms with Gasteiger partial charge in [0.1, 0.15) is 0 Å². The van der Waals surface area contributed by atoms with Gasteiger partial charge < -0.3 is 5.32 Å². The molecule has 6 nitrogen and oxygen atoms in total. The van der Waals surface area contributed by atoms with E-state index in [4.69, 9.17) is 0 Å². The number of hydrogen-bond donors (Lipinski definition) is 2. The fraction of sp³-hybridized carbons (Fsp3) is 0.429. The first kappa shape index (κ1) is 10.7. The summed E-state index contributed by atoms with van der Waals surface area (Å²) in [5.41, 5.74) is 0. The summed E-state index contributed by atoms with van der Waals surface area (Å²) in [6, 6.07) is 0. The van der Waals surface area contributed by atoms with Crippen LogP contribution in [0.2, 0.25) is 0 Å². The molecule has 1 heterocycles. The summed E-state index contributed by atoms with van der Waals surface area (Å²) < 4.78 is 0. The zero-order chi connectivity index (χ0) is 10.2. The fourth-order valence-corrected chi connectivity index (χ4v) is 1.32. The Labute approximate surface area is 85.5 Å². The summed E-state index contributed by atoms with van der Waals surface area (Å²) in [4.78, 5) is 11.2. The Kier molecular flexibility index (Phi) is 4.70. The van der Waals surface area contributed by atoms with Gasteiger partial charge in [0.15, 0.2) is 0 Å². The molecule has 0 fully saturated rings. The molecule has 0 spiro atoms. The first-order valence-electron chi connectivity index (χ1n) is 4.05. The molecule has 0 atom stereocenters. The van der Waals surface area contributed by atoms with Crippen LogP contribution in [0.15, 0.2) is 12.7 Å². The Hall–Kier alpha value is -1.37. The predicted molar refractivity (Wildman–Crippen MR) is 54.0 cm³/mol. The minimum atomic E-state index is -0.307. The SMILES string of the molecule is C=CCSCCNC(=O)c1nn[nH]n1. The number of tetrazole rings is 1. The summed E-state index contributed by atoms with van der Waals surface area (Å²) in [5, 5.41) is 15.3. The molecular weight excluding hydrogens is 202 g/mol. The lowest BCUT2D eigenvalue weighted by atomic mass is 10.5. The highest BCUT2D eigenvalue weighted by atomic mass is 32.2. The highest BCUT2D eigenvalue weighted by Gasteiger charge is 2.08. The van der Waals surface area contributed by atoms with Crippen LogP contribution in [-0.4, -0.2) is 44.6 Å². The molecule has 0 aliphatic rings. The van der Waals surface area contributed by atoms with Gasteiger partial charge >= 0.3 is 0 Å². The van der Waals surface area contributed by atoms with Crippen LogP contribution < -0.4 is 5.32 Å². The molecule has 0 bridgehead atoms. The van der Waals surface area contributed by atoms with Gasteiger partial charge in [0.25, 0.3) is 11.7 Å². The van der Waals surface area contributed by atoms with Gasteiger partial charge in [-0.25, -0.2) is 0 Å². The average Bonchev–Trinajstić information content (AvgIpc) is 2.70. The van der Waals surface area contributed by atoms with Crippen molar-refractivity contribution >= 4 is 17.7 Å². The molecule has 1 aromatic rings. The Bertz CT molecular complexity index is 286. The third-order valence-electron chi connectivity index (χ3n) is 1.32. The monoisotopic (exact) mass is 213 g/mol. The second-order valence-corrected chi connectivity index (χ2v) is 3.50. The van der Waals surface area contributed by atoms with Crippen molar-refractivity contribution in [3.8, 4) is 0 Å². The number of carbonyl (C=O) groups is 1. The molecule has 1 rings (SSSR count). The van der Waals surface area contributed by atoms with E-state index in [1.165, 1.54) is 0 Å². The zero-order valence-electron chi connectivity index (χ0n) is 7.56. The molecule has 76 valence electrons. The first-order valence-corrected chi connectivity index (χ1v) is 5.20. The first-order chi connectivity index (χ1) is 6.84. The van der Waals surface area contributed by atoms with Gasteiger partial charge in [0.2, 0.25) is 0 Å². The van der Waals surface area contributed by atoms with Crippen molar-refractivity contribution in [1.82, 2.24) is 25.9 Å². The number of carbonyl (C=O) groups excluding carboxylic acids is 1. The van der Waals surface area contributed by atoms with E-state index in [2.05, 4.69) is 32.5 Å². The van der Waals surface area contributed by atoms with Crippen molar-refractivity contribution in [3.05, 3.63) is 18.5 Å². The highest BCUT2D eigenvalue weighted by Crippen LogP contribution is 1.97. The minimum Gasteiger partial charge on any atom is -0.348 e. The van der Waals surface area contributed by atoms with E-state index >= 15 is 0 Å². The second kappa shape index (κ2) is 6.14. The molecule has 0 aromatic carbocycles. The van der Waals surface area contributed by atoms with E-state index in [-0.39, 0.29) is 11.7 Å². The van der Waals surface area contributed by atoms with E-state index < -0.39 is 0 Å². The summed E-state index contributed by atoms with van der Waals surface area (Å²) in [5.74, 6) is 1.49. The Balaban J connectivity index is 2.13. The number of aromatic nitrogens is 4. The molecule has 14 heavy (non-hydrogen) atoms. The van der Waals surface area contributed by atoms with Crippen LogP contribution in [0.1, 0.15) is 10.6 Å². The number of nitrogens with one attached hydrogen (secondary N) is 2. The van der Waals surface area contributed by atoms with E-state index in [9.17, 15) is 4.79 Å². The molecule has 0 aliphatic carbocycles. The van der Waals surface area contributed by atoms with Crippen molar-refractivity contribution in [1.29, 1.82) is 0 Å². The molecule has 0 unspecified atom stereocenters. The van der Waals surface area contributed by atoms with Crippen LogP contribution in [0.3, 0.4) is 0 Å². The molecule has 0 saturated carbocycles. The van der Waals surface area contributed by atoms with Gasteiger partial charge in [-0.15, -0.1) is 16.8 Å². The van der Waals surface area contributed by atoms with Gasteiger partial charge in [-0.05, 0) is 5.21 Å². The topological polar surface area (TPSA) is 83.6 Å². The van der Waals surface area contributed by atoms with Crippen LogP contribution in [0.5, 0.6) is 0 Å². The molecule has 7 heteroatoms. The van der Waals surface area contributed by atoms with Crippen molar-refractivity contribution < 1.29 is 4.79 Å². The summed E-state index contributed by atoms with van der Waals surface area (Å²) in [6.07, 6.45) is 1.83. The predicted octanol–water partition coefficient (Wildman–Crippen LogP) is -0.151. The van der Waals surface area contributed by atoms with E-state index in [1.807, 2.05) is 6.08 Å². The van der Waals surface area contributed by atoms with Crippen molar-refractivity contribution in [3.63, 3.8) is 0 Å². The summed E-state index contributed by atoms with van der Waals surface area (Å²) in [7, 11) is 0.